The molecule has 2 saturated heterocycles. The van der Waals surface area contributed by atoms with Gasteiger partial charge in [0, 0.05) is 70.7 Å². The van der Waals surface area contributed by atoms with E-state index in [-0.39, 0.29) is 17.1 Å². The lowest BCUT2D eigenvalue weighted by molar-refractivity contribution is -0.180. The lowest BCUT2D eigenvalue weighted by Gasteiger charge is -2.32. The molecule has 3 aliphatic heterocycles. The molecule has 0 aromatic heterocycles. The van der Waals surface area contributed by atoms with Crippen molar-refractivity contribution >= 4 is 16.1 Å². The second-order valence-corrected chi connectivity index (χ2v) is 14.2. The fraction of sp³-hybridized carbons (Fsp3) is 0.571. The van der Waals surface area contributed by atoms with Crippen LogP contribution in [0.2, 0.25) is 0 Å². The van der Waals surface area contributed by atoms with Crippen molar-refractivity contribution in [3.63, 3.8) is 0 Å². The minimum atomic E-state index is -3.60. The van der Waals surface area contributed by atoms with Crippen LogP contribution in [0.4, 0.5) is 4.79 Å². The van der Waals surface area contributed by atoms with Crippen LogP contribution in [0.5, 0.6) is 5.75 Å². The predicted octanol–water partition coefficient (Wildman–Crippen LogP) is 4.45. The van der Waals surface area contributed by atoms with Gasteiger partial charge in [-0.05, 0) is 48.7 Å². The number of nitrogens with one attached hydrogen (secondary N) is 1. The third-order valence-corrected chi connectivity index (χ3v) is 9.77. The molecule has 2 aromatic carbocycles. The van der Waals surface area contributed by atoms with Crippen molar-refractivity contribution in [2.45, 2.75) is 69.3 Å². The summed E-state index contributed by atoms with van der Waals surface area (Å²) in [5.74, 6) is 6.29. The van der Waals surface area contributed by atoms with E-state index in [0.717, 1.165) is 55.6 Å². The van der Waals surface area contributed by atoms with E-state index in [1.54, 1.807) is 23.1 Å². The van der Waals surface area contributed by atoms with Crippen molar-refractivity contribution in [2.75, 3.05) is 65.7 Å². The normalized spacial score (nSPS) is 19.4. The van der Waals surface area contributed by atoms with Gasteiger partial charge in [0.15, 0.2) is 0 Å². The van der Waals surface area contributed by atoms with Gasteiger partial charge >= 0.3 is 6.09 Å². The maximum atomic E-state index is 12.7. The van der Waals surface area contributed by atoms with Crippen molar-refractivity contribution in [2.24, 2.45) is 0 Å². The molecule has 0 spiro atoms. The maximum Gasteiger partial charge on any atom is 0.410 e. The summed E-state index contributed by atoms with van der Waals surface area (Å²) < 4.78 is 56.5. The van der Waals surface area contributed by atoms with Crippen LogP contribution in [0.1, 0.15) is 68.7 Å². The number of nitrogens with zero attached hydrogens (tertiary/aromatic N) is 2. The molecule has 12 heteroatoms. The molecule has 0 saturated carbocycles. The van der Waals surface area contributed by atoms with Crippen LogP contribution in [0.25, 0.3) is 0 Å². The number of amides is 1. The Morgan fingerprint density at radius 1 is 1.02 bits per heavy atom. The summed E-state index contributed by atoms with van der Waals surface area (Å²) in [6, 6.07) is 12.6. The topological polar surface area (TPSA) is 116 Å². The van der Waals surface area contributed by atoms with Crippen LogP contribution in [0, 0.1) is 11.8 Å². The molecule has 1 atom stereocenters. The Balaban J connectivity index is 0.917. The van der Waals surface area contributed by atoms with E-state index in [4.69, 9.17) is 23.7 Å². The first kappa shape index (κ1) is 35.1. The highest BCUT2D eigenvalue weighted by molar-refractivity contribution is 7.89. The SMILES string of the molecule is CC1(C)OCc2cc(C3CN(CCCCCCOCCC#Cc4cccc(S(=O)(=O)NCCN5CCOCC5)c4)C(=O)O3)ccc2O1. The van der Waals surface area contributed by atoms with Gasteiger partial charge in [-0.25, -0.2) is 17.9 Å². The number of morpholine rings is 1. The van der Waals surface area contributed by atoms with Crippen LogP contribution in [0.15, 0.2) is 47.4 Å². The van der Waals surface area contributed by atoms with Crippen LogP contribution in [0.3, 0.4) is 0 Å². The molecule has 0 bridgehead atoms. The minimum Gasteiger partial charge on any atom is -0.463 e. The first-order chi connectivity index (χ1) is 22.7. The number of cyclic esters (lactones) is 1. The Morgan fingerprint density at radius 3 is 2.70 bits per heavy atom. The van der Waals surface area contributed by atoms with E-state index in [1.165, 1.54) is 0 Å². The fourth-order valence-corrected chi connectivity index (χ4v) is 6.73. The molecule has 256 valence electrons. The highest BCUT2D eigenvalue weighted by Crippen LogP contribution is 2.35. The molecule has 2 aromatic rings. The zero-order valence-electron chi connectivity index (χ0n) is 27.5. The zero-order chi connectivity index (χ0) is 33.1. The molecule has 0 aliphatic carbocycles. The van der Waals surface area contributed by atoms with Crippen LogP contribution in [-0.4, -0.2) is 95.8 Å². The van der Waals surface area contributed by atoms with Gasteiger partial charge < -0.3 is 28.6 Å². The molecule has 1 amide bonds. The highest BCUT2D eigenvalue weighted by Gasteiger charge is 2.33. The molecule has 0 radical (unpaired) electrons. The lowest BCUT2D eigenvalue weighted by Crippen LogP contribution is -2.41. The second kappa shape index (κ2) is 16.8. The summed E-state index contributed by atoms with van der Waals surface area (Å²) in [5.41, 5.74) is 2.58. The number of benzene rings is 2. The van der Waals surface area contributed by atoms with Crippen molar-refractivity contribution in [3.05, 3.63) is 59.2 Å². The van der Waals surface area contributed by atoms with E-state index < -0.39 is 15.8 Å². The summed E-state index contributed by atoms with van der Waals surface area (Å²) in [5, 5.41) is 0. The standard InChI is InChI=1S/C35H47N3O8S/c1-35(2)44-27-30-25-29(13-14-32(30)46-35)33-26-38(34(39)45-33)16-6-3-4-7-20-42-21-8-5-10-28-11-9-12-31(24-28)47(40,41)36-15-17-37-18-22-43-23-19-37/h9,11-14,24-25,33,36H,3-4,6-8,15-23,26-27H2,1-2H3. The van der Waals surface area contributed by atoms with E-state index in [0.29, 0.717) is 71.2 Å². The van der Waals surface area contributed by atoms with Crippen molar-refractivity contribution < 1.29 is 36.9 Å². The number of ether oxygens (including phenoxy) is 5. The predicted molar refractivity (Wildman–Crippen MR) is 176 cm³/mol. The summed E-state index contributed by atoms with van der Waals surface area (Å²) >= 11 is 0. The van der Waals surface area contributed by atoms with E-state index >= 15 is 0 Å². The molecule has 11 nitrogen and oxygen atoms in total. The molecule has 3 heterocycles. The van der Waals surface area contributed by atoms with Crippen LogP contribution >= 0.6 is 0 Å². The Morgan fingerprint density at radius 2 is 1.85 bits per heavy atom. The summed E-state index contributed by atoms with van der Waals surface area (Å²) in [4.78, 5) is 16.6. The Hall–Kier alpha value is -3.18. The van der Waals surface area contributed by atoms with E-state index in [1.807, 2.05) is 38.1 Å². The summed E-state index contributed by atoms with van der Waals surface area (Å²) in [6.45, 7) is 10.6. The third-order valence-electron chi connectivity index (χ3n) is 8.31. The average molecular weight is 670 g/mol. The van der Waals surface area contributed by atoms with Gasteiger partial charge in [-0.15, -0.1) is 0 Å². The molecule has 2 fully saturated rings. The molecule has 5 rings (SSSR count). The first-order valence-corrected chi connectivity index (χ1v) is 18.0. The van der Waals surface area contributed by atoms with Gasteiger partial charge in [0.2, 0.25) is 15.8 Å². The minimum absolute atomic E-state index is 0.216. The van der Waals surface area contributed by atoms with Gasteiger partial charge in [-0.3, -0.25) is 4.90 Å². The average Bonchev–Trinajstić information content (AvgIpc) is 3.43. The number of carbonyl (C=O) groups excluding carboxylic acids is 1. The number of carbonyl (C=O) groups is 1. The number of fused-ring (bicyclic) bond motifs is 1. The number of sulfonamides is 1. The molecule has 3 aliphatic rings. The highest BCUT2D eigenvalue weighted by atomic mass is 32.2. The summed E-state index contributed by atoms with van der Waals surface area (Å²) in [7, 11) is -3.60. The quantitative estimate of drug-likeness (QED) is 0.217. The number of hydrogen-bond donors (Lipinski definition) is 1. The zero-order valence-corrected chi connectivity index (χ0v) is 28.3. The number of rotatable bonds is 15. The number of hydrogen-bond acceptors (Lipinski definition) is 9. The van der Waals surface area contributed by atoms with Crippen LogP contribution < -0.4 is 9.46 Å². The molecular formula is C35H47N3O8S. The van der Waals surface area contributed by atoms with Gasteiger partial charge in [-0.1, -0.05) is 36.8 Å². The van der Waals surface area contributed by atoms with Crippen molar-refractivity contribution in [3.8, 4) is 17.6 Å². The largest absolute Gasteiger partial charge is 0.463 e. The van der Waals surface area contributed by atoms with Crippen molar-refractivity contribution in [1.82, 2.24) is 14.5 Å². The third kappa shape index (κ3) is 10.7. The van der Waals surface area contributed by atoms with Gasteiger partial charge in [0.05, 0.1) is 37.9 Å². The van der Waals surface area contributed by atoms with E-state index in [2.05, 4.69) is 21.5 Å². The smallest absolute Gasteiger partial charge is 0.410 e. The Bertz CT molecular complexity index is 1510. The number of unbranched alkanes of at least 4 members (excludes halogenated alkanes) is 3. The molecular weight excluding hydrogens is 622 g/mol. The maximum absolute atomic E-state index is 12.7. The van der Waals surface area contributed by atoms with Crippen LogP contribution in [-0.2, 0) is 35.6 Å². The fourth-order valence-electron chi connectivity index (χ4n) is 5.66. The molecule has 1 unspecified atom stereocenters. The van der Waals surface area contributed by atoms with Gasteiger partial charge in [0.1, 0.15) is 11.9 Å². The lowest BCUT2D eigenvalue weighted by atomic mass is 10.0. The Kier molecular flexibility index (Phi) is 12.5. The molecule has 1 N–H and O–H groups in total. The first-order valence-electron chi connectivity index (χ1n) is 16.6. The monoisotopic (exact) mass is 669 g/mol. The molecule has 47 heavy (non-hydrogen) atoms. The van der Waals surface area contributed by atoms with Gasteiger partial charge in [-0.2, -0.15) is 0 Å². The summed E-state index contributed by atoms with van der Waals surface area (Å²) in [6.07, 6.45) is 3.87. The Labute approximate surface area is 278 Å². The van der Waals surface area contributed by atoms with Crippen molar-refractivity contribution in [1.29, 1.82) is 0 Å². The second-order valence-electron chi connectivity index (χ2n) is 12.4. The van der Waals surface area contributed by atoms with Gasteiger partial charge in [0.25, 0.3) is 0 Å². The van der Waals surface area contributed by atoms with E-state index in [9.17, 15) is 13.2 Å².